The molecule has 2 atom stereocenters. The largest absolute Gasteiger partial charge is 0.225 e. The van der Waals surface area contributed by atoms with Crippen molar-refractivity contribution in [2.75, 3.05) is 5.75 Å². The molecule has 1 fully saturated rings. The van der Waals surface area contributed by atoms with Gasteiger partial charge < -0.3 is 0 Å². The first-order chi connectivity index (χ1) is 6.05. The molecule has 1 saturated carbocycles. The molecule has 4 nitrogen and oxygen atoms in total. The van der Waals surface area contributed by atoms with Crippen molar-refractivity contribution in [3.8, 4) is 6.07 Å². The number of nitrogens with one attached hydrogen (secondary N) is 1. The van der Waals surface area contributed by atoms with Crippen molar-refractivity contribution in [2.24, 2.45) is 0 Å². The Labute approximate surface area is 86.5 Å². The van der Waals surface area contributed by atoms with E-state index in [2.05, 4.69) is 20.7 Å². The number of nitriles is 1. The van der Waals surface area contributed by atoms with Crippen molar-refractivity contribution in [3.63, 3.8) is 0 Å². The summed E-state index contributed by atoms with van der Waals surface area (Å²) >= 11 is 3.40. The fourth-order valence-corrected chi connectivity index (χ4v) is 3.30. The molecule has 1 aliphatic rings. The number of sulfonamides is 1. The van der Waals surface area contributed by atoms with E-state index in [1.807, 2.05) is 0 Å². The molecular formula is C7H11BrN2O2S. The van der Waals surface area contributed by atoms with E-state index in [1.165, 1.54) is 0 Å². The molecule has 0 heterocycles. The summed E-state index contributed by atoms with van der Waals surface area (Å²) in [6, 6.07) is 1.59. The van der Waals surface area contributed by atoms with Crippen LogP contribution < -0.4 is 4.72 Å². The van der Waals surface area contributed by atoms with Crippen molar-refractivity contribution in [1.29, 1.82) is 5.26 Å². The molecule has 0 bridgehead atoms. The van der Waals surface area contributed by atoms with Gasteiger partial charge in [0.2, 0.25) is 10.0 Å². The zero-order valence-electron chi connectivity index (χ0n) is 7.03. The van der Waals surface area contributed by atoms with Crippen molar-refractivity contribution in [3.05, 3.63) is 0 Å². The van der Waals surface area contributed by atoms with Crippen molar-refractivity contribution < 1.29 is 8.42 Å². The molecule has 0 amide bonds. The number of nitrogens with zero attached hydrogens (tertiary/aromatic N) is 1. The van der Waals surface area contributed by atoms with Gasteiger partial charge in [0.15, 0.2) is 5.75 Å². The van der Waals surface area contributed by atoms with Crippen LogP contribution in [0.1, 0.15) is 19.3 Å². The first kappa shape index (κ1) is 11.0. The number of rotatable bonds is 3. The third-order valence-corrected chi connectivity index (χ3v) is 4.28. The third kappa shape index (κ3) is 3.25. The molecular weight excluding hydrogens is 256 g/mol. The Bertz CT molecular complexity index is 309. The summed E-state index contributed by atoms with van der Waals surface area (Å²) in [4.78, 5) is 0.209. The number of alkyl halides is 1. The van der Waals surface area contributed by atoms with Crippen LogP contribution in [0.3, 0.4) is 0 Å². The number of hydrogen-bond acceptors (Lipinski definition) is 3. The van der Waals surface area contributed by atoms with Crippen LogP contribution in [0.5, 0.6) is 0 Å². The maximum Gasteiger partial charge on any atom is 0.225 e. The molecule has 1 rings (SSSR count). The highest BCUT2D eigenvalue weighted by atomic mass is 79.9. The minimum Gasteiger partial charge on any atom is -0.211 e. The summed E-state index contributed by atoms with van der Waals surface area (Å²) < 4.78 is 24.9. The van der Waals surface area contributed by atoms with E-state index >= 15 is 0 Å². The maximum absolute atomic E-state index is 11.2. The molecule has 6 heteroatoms. The monoisotopic (exact) mass is 266 g/mol. The first-order valence-corrected chi connectivity index (χ1v) is 6.63. The van der Waals surface area contributed by atoms with Crippen LogP contribution in [0.4, 0.5) is 0 Å². The molecule has 0 aromatic rings. The van der Waals surface area contributed by atoms with Crippen LogP contribution >= 0.6 is 15.9 Å². The minimum atomic E-state index is -3.39. The van der Waals surface area contributed by atoms with Gasteiger partial charge in [-0.25, -0.2) is 13.1 Å². The van der Waals surface area contributed by atoms with Crippen molar-refractivity contribution >= 4 is 26.0 Å². The van der Waals surface area contributed by atoms with Crippen molar-refractivity contribution in [1.82, 2.24) is 4.72 Å². The maximum atomic E-state index is 11.2. The normalized spacial score (nSPS) is 28.6. The highest BCUT2D eigenvalue weighted by Crippen LogP contribution is 2.25. The van der Waals surface area contributed by atoms with Gasteiger partial charge in [-0.3, -0.25) is 0 Å². The van der Waals surface area contributed by atoms with Gasteiger partial charge in [-0.2, -0.15) is 5.26 Å². The molecule has 0 aliphatic heterocycles. The van der Waals surface area contributed by atoms with E-state index in [4.69, 9.17) is 5.26 Å². The zero-order valence-corrected chi connectivity index (χ0v) is 9.44. The quantitative estimate of drug-likeness (QED) is 0.767. The van der Waals surface area contributed by atoms with Crippen LogP contribution in [0, 0.1) is 11.3 Å². The lowest BCUT2D eigenvalue weighted by Crippen LogP contribution is -2.38. The van der Waals surface area contributed by atoms with Crippen molar-refractivity contribution in [2.45, 2.75) is 30.1 Å². The second-order valence-electron chi connectivity index (χ2n) is 3.09. The highest BCUT2D eigenvalue weighted by molar-refractivity contribution is 9.09. The second-order valence-corrected chi connectivity index (χ2v) is 6.02. The minimum absolute atomic E-state index is 0.0432. The average Bonchev–Trinajstić information content (AvgIpc) is 2.35. The fourth-order valence-electron chi connectivity index (χ4n) is 1.40. The van der Waals surface area contributed by atoms with E-state index in [0.717, 1.165) is 19.3 Å². The van der Waals surface area contributed by atoms with Gasteiger partial charge in [0.1, 0.15) is 0 Å². The molecule has 1 N–H and O–H groups in total. The van der Waals surface area contributed by atoms with Gasteiger partial charge in [0, 0.05) is 10.9 Å². The molecule has 13 heavy (non-hydrogen) atoms. The van der Waals surface area contributed by atoms with E-state index in [-0.39, 0.29) is 10.9 Å². The Morgan fingerprint density at radius 1 is 1.54 bits per heavy atom. The van der Waals surface area contributed by atoms with Gasteiger partial charge >= 0.3 is 0 Å². The van der Waals surface area contributed by atoms with Gasteiger partial charge in [0.05, 0.1) is 6.07 Å². The summed E-state index contributed by atoms with van der Waals surface area (Å²) in [6.07, 6.45) is 2.86. The molecule has 1 aliphatic carbocycles. The summed E-state index contributed by atoms with van der Waals surface area (Å²) in [7, 11) is -3.39. The lowest BCUT2D eigenvalue weighted by molar-refractivity contribution is 0.559. The fraction of sp³-hybridized carbons (Fsp3) is 0.857. The molecule has 0 aromatic carbocycles. The van der Waals surface area contributed by atoms with Gasteiger partial charge in [0.25, 0.3) is 0 Å². The van der Waals surface area contributed by atoms with E-state index in [0.29, 0.717) is 0 Å². The Hall–Kier alpha value is -0.120. The lowest BCUT2D eigenvalue weighted by Gasteiger charge is -2.14. The Morgan fingerprint density at radius 3 is 2.69 bits per heavy atom. The number of hydrogen-bond donors (Lipinski definition) is 1. The smallest absolute Gasteiger partial charge is 0.211 e. The predicted molar refractivity (Wildman–Crippen MR) is 52.9 cm³/mol. The average molecular weight is 267 g/mol. The van der Waals surface area contributed by atoms with Crippen LogP contribution in [0.2, 0.25) is 0 Å². The van der Waals surface area contributed by atoms with Gasteiger partial charge in [-0.15, -0.1) is 0 Å². The topological polar surface area (TPSA) is 70.0 Å². The summed E-state index contributed by atoms with van der Waals surface area (Å²) in [5.41, 5.74) is 0. The van der Waals surface area contributed by atoms with E-state index in [9.17, 15) is 8.42 Å². The Kier molecular flexibility index (Phi) is 3.71. The van der Waals surface area contributed by atoms with Crippen LogP contribution in [0.15, 0.2) is 0 Å². The first-order valence-electron chi connectivity index (χ1n) is 4.06. The van der Waals surface area contributed by atoms with Crippen LogP contribution in [0.25, 0.3) is 0 Å². The predicted octanol–water partition coefficient (Wildman–Crippen LogP) is 0.745. The van der Waals surface area contributed by atoms with Crippen LogP contribution in [-0.2, 0) is 10.0 Å². The van der Waals surface area contributed by atoms with Gasteiger partial charge in [-0.1, -0.05) is 22.4 Å². The Morgan fingerprint density at radius 2 is 2.23 bits per heavy atom. The molecule has 0 spiro atoms. The summed E-state index contributed by atoms with van der Waals surface area (Å²) in [5.74, 6) is -0.455. The molecule has 0 aromatic heterocycles. The summed E-state index contributed by atoms with van der Waals surface area (Å²) in [6.45, 7) is 0. The lowest BCUT2D eigenvalue weighted by atomic mass is 10.3. The van der Waals surface area contributed by atoms with Gasteiger partial charge in [-0.05, 0) is 12.8 Å². The Balaban J connectivity index is 2.54. The second kappa shape index (κ2) is 4.40. The molecule has 0 radical (unpaired) electrons. The highest BCUT2D eigenvalue weighted by Gasteiger charge is 2.28. The standard InChI is InChI=1S/C7H11BrN2O2S/c8-6-2-1-3-7(6)10-13(11,12)5-4-9/h6-7,10H,1-3,5H2. The molecule has 2 unspecified atom stereocenters. The molecule has 74 valence electrons. The SMILES string of the molecule is N#CCS(=O)(=O)NC1CCCC1Br. The molecule has 0 saturated heterocycles. The zero-order chi connectivity index (χ0) is 9.90. The summed E-state index contributed by atoms with van der Waals surface area (Å²) in [5, 5.41) is 8.26. The van der Waals surface area contributed by atoms with E-state index < -0.39 is 15.8 Å². The third-order valence-electron chi connectivity index (χ3n) is 2.02. The number of halogens is 1. The van der Waals surface area contributed by atoms with Crippen LogP contribution in [-0.4, -0.2) is 25.0 Å². The van der Waals surface area contributed by atoms with E-state index in [1.54, 1.807) is 6.07 Å².